The lowest BCUT2D eigenvalue weighted by molar-refractivity contribution is 0.206. The Bertz CT molecular complexity index is 257. The molecule has 1 aliphatic carbocycles. The fourth-order valence-corrected chi connectivity index (χ4v) is 3.03. The Hall–Kier alpha value is -0.770. The molecule has 2 fully saturated rings. The van der Waals surface area contributed by atoms with Crippen molar-refractivity contribution in [1.29, 1.82) is 0 Å². The standard InChI is InChI=1S/C12H23N3O/c1-2-6-14-12(16)15-7-9-4-3-5-11(13)10(9)8-15/h9-11H,2-8,13H2,1H3,(H,14,16). The van der Waals surface area contributed by atoms with Crippen LogP contribution in [0.4, 0.5) is 4.79 Å². The molecular weight excluding hydrogens is 202 g/mol. The van der Waals surface area contributed by atoms with E-state index in [1.54, 1.807) is 0 Å². The van der Waals surface area contributed by atoms with Crippen molar-refractivity contribution in [2.24, 2.45) is 17.6 Å². The Labute approximate surface area is 97.6 Å². The molecule has 0 spiro atoms. The van der Waals surface area contributed by atoms with Gasteiger partial charge in [-0.25, -0.2) is 4.79 Å². The molecule has 2 aliphatic rings. The van der Waals surface area contributed by atoms with E-state index in [-0.39, 0.29) is 6.03 Å². The summed E-state index contributed by atoms with van der Waals surface area (Å²) < 4.78 is 0. The van der Waals surface area contributed by atoms with Crippen molar-refractivity contribution in [3.63, 3.8) is 0 Å². The first-order chi connectivity index (χ1) is 7.72. The monoisotopic (exact) mass is 225 g/mol. The van der Waals surface area contributed by atoms with Gasteiger partial charge in [-0.2, -0.15) is 0 Å². The number of hydrogen-bond acceptors (Lipinski definition) is 2. The first-order valence-corrected chi connectivity index (χ1v) is 6.50. The van der Waals surface area contributed by atoms with E-state index < -0.39 is 0 Å². The van der Waals surface area contributed by atoms with Gasteiger partial charge in [0, 0.05) is 25.7 Å². The number of nitrogens with one attached hydrogen (secondary N) is 1. The van der Waals surface area contributed by atoms with Gasteiger partial charge in [-0.1, -0.05) is 13.3 Å². The lowest BCUT2D eigenvalue weighted by atomic mass is 9.78. The number of urea groups is 1. The number of likely N-dealkylation sites (tertiary alicyclic amines) is 1. The third-order valence-corrected chi connectivity index (χ3v) is 3.97. The van der Waals surface area contributed by atoms with Crippen molar-refractivity contribution in [2.45, 2.75) is 38.6 Å². The molecule has 0 aromatic heterocycles. The molecule has 3 N–H and O–H groups in total. The van der Waals surface area contributed by atoms with Crippen molar-refractivity contribution in [2.75, 3.05) is 19.6 Å². The molecule has 1 saturated carbocycles. The third-order valence-electron chi connectivity index (χ3n) is 3.97. The van der Waals surface area contributed by atoms with Crippen molar-refractivity contribution in [1.82, 2.24) is 10.2 Å². The van der Waals surface area contributed by atoms with Gasteiger partial charge in [-0.15, -0.1) is 0 Å². The lowest BCUT2D eigenvalue weighted by Gasteiger charge is -2.29. The average Bonchev–Trinajstić information content (AvgIpc) is 2.71. The predicted octanol–water partition coefficient (Wildman–Crippen LogP) is 1.17. The van der Waals surface area contributed by atoms with Gasteiger partial charge in [0.15, 0.2) is 0 Å². The van der Waals surface area contributed by atoms with Gasteiger partial charge in [0.1, 0.15) is 0 Å². The van der Waals surface area contributed by atoms with E-state index in [4.69, 9.17) is 5.73 Å². The van der Waals surface area contributed by atoms with E-state index >= 15 is 0 Å². The van der Waals surface area contributed by atoms with E-state index in [1.165, 1.54) is 12.8 Å². The molecule has 16 heavy (non-hydrogen) atoms. The van der Waals surface area contributed by atoms with Gasteiger partial charge in [-0.3, -0.25) is 0 Å². The number of rotatable bonds is 2. The Balaban J connectivity index is 1.88. The maximum Gasteiger partial charge on any atom is 0.317 e. The van der Waals surface area contributed by atoms with Crippen LogP contribution in [0.15, 0.2) is 0 Å². The molecule has 0 bridgehead atoms. The third kappa shape index (κ3) is 2.32. The largest absolute Gasteiger partial charge is 0.338 e. The molecule has 4 nitrogen and oxygen atoms in total. The molecule has 2 rings (SSSR count). The normalized spacial score (nSPS) is 33.6. The lowest BCUT2D eigenvalue weighted by Crippen LogP contribution is -2.40. The fraction of sp³-hybridized carbons (Fsp3) is 0.917. The zero-order chi connectivity index (χ0) is 11.5. The molecule has 1 aliphatic heterocycles. The zero-order valence-corrected chi connectivity index (χ0v) is 10.1. The van der Waals surface area contributed by atoms with Crippen LogP contribution in [0, 0.1) is 11.8 Å². The maximum absolute atomic E-state index is 11.8. The summed E-state index contributed by atoms with van der Waals surface area (Å²) in [5.41, 5.74) is 6.12. The topological polar surface area (TPSA) is 58.4 Å². The quantitative estimate of drug-likeness (QED) is 0.741. The molecular formula is C12H23N3O. The summed E-state index contributed by atoms with van der Waals surface area (Å²) in [6.45, 7) is 4.62. The molecule has 0 radical (unpaired) electrons. The number of amides is 2. The second-order valence-corrected chi connectivity index (χ2v) is 5.16. The van der Waals surface area contributed by atoms with Gasteiger partial charge in [0.05, 0.1) is 0 Å². The molecule has 0 aromatic rings. The number of fused-ring (bicyclic) bond motifs is 1. The summed E-state index contributed by atoms with van der Waals surface area (Å²) in [7, 11) is 0. The van der Waals surface area contributed by atoms with Gasteiger partial charge >= 0.3 is 6.03 Å². The Morgan fingerprint density at radius 2 is 2.25 bits per heavy atom. The predicted molar refractivity (Wildman–Crippen MR) is 64.1 cm³/mol. The van der Waals surface area contributed by atoms with Crippen LogP contribution in [-0.2, 0) is 0 Å². The van der Waals surface area contributed by atoms with Crippen LogP contribution in [-0.4, -0.2) is 36.6 Å². The first-order valence-electron chi connectivity index (χ1n) is 6.50. The highest BCUT2D eigenvalue weighted by atomic mass is 16.2. The molecule has 3 unspecified atom stereocenters. The van der Waals surface area contributed by atoms with Crippen LogP contribution in [0.1, 0.15) is 32.6 Å². The minimum absolute atomic E-state index is 0.100. The highest BCUT2D eigenvalue weighted by molar-refractivity contribution is 5.74. The Kier molecular flexibility index (Phi) is 3.69. The highest BCUT2D eigenvalue weighted by Gasteiger charge is 2.40. The summed E-state index contributed by atoms with van der Waals surface area (Å²) >= 11 is 0. The summed E-state index contributed by atoms with van der Waals surface area (Å²) in [6, 6.07) is 0.408. The van der Waals surface area contributed by atoms with E-state index in [0.717, 1.165) is 32.5 Å². The zero-order valence-electron chi connectivity index (χ0n) is 10.1. The average molecular weight is 225 g/mol. The summed E-state index contributed by atoms with van der Waals surface area (Å²) in [6.07, 6.45) is 4.60. The van der Waals surface area contributed by atoms with E-state index in [1.807, 2.05) is 4.90 Å². The van der Waals surface area contributed by atoms with Crippen LogP contribution in [0.5, 0.6) is 0 Å². The fourth-order valence-electron chi connectivity index (χ4n) is 3.03. The number of nitrogens with zero attached hydrogens (tertiary/aromatic N) is 1. The Morgan fingerprint density at radius 1 is 1.44 bits per heavy atom. The molecule has 92 valence electrons. The number of carbonyl (C=O) groups is 1. The van der Waals surface area contributed by atoms with Gasteiger partial charge < -0.3 is 16.0 Å². The van der Waals surface area contributed by atoms with Gasteiger partial charge in [0.25, 0.3) is 0 Å². The second-order valence-electron chi connectivity index (χ2n) is 5.16. The Morgan fingerprint density at radius 3 is 2.94 bits per heavy atom. The van der Waals surface area contributed by atoms with E-state index in [0.29, 0.717) is 17.9 Å². The molecule has 4 heteroatoms. The second kappa shape index (κ2) is 5.04. The molecule has 2 amide bonds. The molecule has 0 aromatic carbocycles. The summed E-state index contributed by atoms with van der Waals surface area (Å²) in [5, 5.41) is 2.94. The smallest absolute Gasteiger partial charge is 0.317 e. The van der Waals surface area contributed by atoms with Gasteiger partial charge in [0.2, 0.25) is 0 Å². The van der Waals surface area contributed by atoms with Gasteiger partial charge in [-0.05, 0) is 31.1 Å². The van der Waals surface area contributed by atoms with Crippen LogP contribution in [0.3, 0.4) is 0 Å². The van der Waals surface area contributed by atoms with Crippen molar-refractivity contribution in [3.05, 3.63) is 0 Å². The summed E-state index contributed by atoms with van der Waals surface area (Å²) in [4.78, 5) is 13.8. The van der Waals surface area contributed by atoms with Crippen molar-refractivity contribution in [3.8, 4) is 0 Å². The van der Waals surface area contributed by atoms with Crippen LogP contribution < -0.4 is 11.1 Å². The highest BCUT2D eigenvalue weighted by Crippen LogP contribution is 2.35. The SMILES string of the molecule is CCCNC(=O)N1CC2CCCC(N)C2C1. The van der Waals surface area contributed by atoms with Crippen molar-refractivity contribution >= 4 is 6.03 Å². The van der Waals surface area contributed by atoms with Crippen LogP contribution in [0.25, 0.3) is 0 Å². The summed E-state index contributed by atoms with van der Waals surface area (Å²) in [5.74, 6) is 1.19. The van der Waals surface area contributed by atoms with Crippen molar-refractivity contribution < 1.29 is 4.79 Å². The molecule has 3 atom stereocenters. The maximum atomic E-state index is 11.8. The number of hydrogen-bond donors (Lipinski definition) is 2. The molecule has 1 saturated heterocycles. The van der Waals surface area contributed by atoms with E-state index in [9.17, 15) is 4.79 Å². The minimum Gasteiger partial charge on any atom is -0.338 e. The van der Waals surface area contributed by atoms with Crippen LogP contribution >= 0.6 is 0 Å². The first kappa shape index (κ1) is 11.7. The van der Waals surface area contributed by atoms with Crippen LogP contribution in [0.2, 0.25) is 0 Å². The number of carbonyl (C=O) groups excluding carboxylic acids is 1. The number of nitrogens with two attached hydrogens (primary N) is 1. The van der Waals surface area contributed by atoms with E-state index in [2.05, 4.69) is 12.2 Å². The molecule has 1 heterocycles. The minimum atomic E-state index is 0.100.